The minimum absolute atomic E-state index is 0.335. The van der Waals surface area contributed by atoms with Crippen LogP contribution in [0.25, 0.3) is 10.9 Å². The van der Waals surface area contributed by atoms with Crippen molar-refractivity contribution in [3.63, 3.8) is 0 Å². The van der Waals surface area contributed by atoms with E-state index in [0.29, 0.717) is 17.4 Å². The van der Waals surface area contributed by atoms with Crippen LogP contribution in [0.5, 0.6) is 5.75 Å². The van der Waals surface area contributed by atoms with E-state index in [-0.39, 0.29) is 0 Å². The molecule has 1 aromatic carbocycles. The van der Waals surface area contributed by atoms with E-state index < -0.39 is 6.09 Å². The van der Waals surface area contributed by atoms with E-state index in [1.165, 1.54) is 4.57 Å². The molecule has 0 amide bonds. The van der Waals surface area contributed by atoms with E-state index in [9.17, 15) is 4.79 Å². The Kier molecular flexibility index (Phi) is 3.48. The molecule has 2 rings (SSSR count). The fraction of sp³-hybridized carbons (Fsp3) is 0.308. The second-order valence-corrected chi connectivity index (χ2v) is 4.21. The van der Waals surface area contributed by atoms with Crippen molar-refractivity contribution in [3.8, 4) is 5.75 Å². The van der Waals surface area contributed by atoms with Gasteiger partial charge in [0.15, 0.2) is 0 Å². The topological polar surface area (TPSA) is 40.5 Å². The number of hydrogen-bond acceptors (Lipinski definition) is 3. The Labute approximate surface area is 110 Å². The summed E-state index contributed by atoms with van der Waals surface area (Å²) in [5.41, 5.74) is 1.50. The van der Waals surface area contributed by atoms with E-state index in [1.54, 1.807) is 26.2 Å². The van der Waals surface area contributed by atoms with Crippen molar-refractivity contribution in [2.75, 3.05) is 13.7 Å². The molecule has 5 heteroatoms. The number of aromatic nitrogens is 1. The Balaban J connectivity index is 2.66. The summed E-state index contributed by atoms with van der Waals surface area (Å²) in [6.07, 6.45) is -0.397. The summed E-state index contributed by atoms with van der Waals surface area (Å²) < 4.78 is 11.7. The third kappa shape index (κ3) is 1.93. The fourth-order valence-corrected chi connectivity index (χ4v) is 2.24. The van der Waals surface area contributed by atoms with Crippen LogP contribution < -0.4 is 4.74 Å². The number of fused-ring (bicyclic) bond motifs is 1. The largest absolute Gasteiger partial charge is 0.495 e. The van der Waals surface area contributed by atoms with E-state index in [0.717, 1.165) is 16.6 Å². The number of carbonyl (C=O) groups is 1. The molecule has 18 heavy (non-hydrogen) atoms. The lowest BCUT2D eigenvalue weighted by Crippen LogP contribution is -2.14. The maximum Gasteiger partial charge on any atom is 0.418 e. The highest BCUT2D eigenvalue weighted by Crippen LogP contribution is 2.34. The summed E-state index contributed by atoms with van der Waals surface area (Å²) in [4.78, 5) is 11.9. The SMILES string of the molecule is CCOC(=O)n1c(C)cc2c(Cl)c(OC)ccc21. The molecule has 0 fully saturated rings. The summed E-state index contributed by atoms with van der Waals surface area (Å²) in [6, 6.07) is 5.38. The molecule has 0 spiro atoms. The van der Waals surface area contributed by atoms with Crippen molar-refractivity contribution in [2.45, 2.75) is 13.8 Å². The highest BCUT2D eigenvalue weighted by molar-refractivity contribution is 6.37. The maximum atomic E-state index is 11.9. The highest BCUT2D eigenvalue weighted by atomic mass is 35.5. The lowest BCUT2D eigenvalue weighted by Gasteiger charge is -2.07. The summed E-state index contributed by atoms with van der Waals surface area (Å²) in [6.45, 7) is 3.94. The highest BCUT2D eigenvalue weighted by Gasteiger charge is 2.17. The van der Waals surface area contributed by atoms with Gasteiger partial charge in [0.2, 0.25) is 0 Å². The van der Waals surface area contributed by atoms with Gasteiger partial charge < -0.3 is 9.47 Å². The second-order valence-electron chi connectivity index (χ2n) is 3.83. The molecule has 0 saturated carbocycles. The molecule has 0 aliphatic rings. The monoisotopic (exact) mass is 267 g/mol. The molecule has 0 saturated heterocycles. The van der Waals surface area contributed by atoms with Crippen molar-refractivity contribution >= 4 is 28.6 Å². The zero-order valence-electron chi connectivity index (χ0n) is 10.5. The quantitative estimate of drug-likeness (QED) is 0.834. The van der Waals surface area contributed by atoms with Gasteiger partial charge in [-0.1, -0.05) is 11.6 Å². The first-order valence-electron chi connectivity index (χ1n) is 5.61. The third-order valence-corrected chi connectivity index (χ3v) is 3.13. The smallest absolute Gasteiger partial charge is 0.418 e. The molecule has 0 N–H and O–H groups in total. The molecule has 0 unspecified atom stereocenters. The van der Waals surface area contributed by atoms with Crippen molar-refractivity contribution in [1.82, 2.24) is 4.57 Å². The van der Waals surface area contributed by atoms with Gasteiger partial charge in [0, 0.05) is 11.1 Å². The summed E-state index contributed by atoms with van der Waals surface area (Å²) in [7, 11) is 1.56. The third-order valence-electron chi connectivity index (χ3n) is 2.74. The van der Waals surface area contributed by atoms with Crippen molar-refractivity contribution < 1.29 is 14.3 Å². The predicted molar refractivity (Wildman–Crippen MR) is 70.7 cm³/mol. The van der Waals surface area contributed by atoms with Crippen LogP contribution in [0.2, 0.25) is 5.02 Å². The molecule has 96 valence electrons. The van der Waals surface area contributed by atoms with Gasteiger partial charge in [0.05, 0.1) is 24.3 Å². The number of ether oxygens (including phenoxy) is 2. The molecule has 0 aliphatic heterocycles. The lowest BCUT2D eigenvalue weighted by atomic mass is 10.2. The Bertz CT molecular complexity index is 604. The van der Waals surface area contributed by atoms with Crippen molar-refractivity contribution in [2.24, 2.45) is 0 Å². The van der Waals surface area contributed by atoms with Crippen LogP contribution in [0.4, 0.5) is 4.79 Å². The Morgan fingerprint density at radius 1 is 1.44 bits per heavy atom. The van der Waals surface area contributed by atoms with E-state index in [4.69, 9.17) is 21.1 Å². The van der Waals surface area contributed by atoms with Gasteiger partial charge in [-0.2, -0.15) is 0 Å². The molecular weight excluding hydrogens is 254 g/mol. The summed E-state index contributed by atoms with van der Waals surface area (Å²) in [5, 5.41) is 1.28. The average molecular weight is 268 g/mol. The zero-order valence-corrected chi connectivity index (χ0v) is 11.2. The molecule has 4 nitrogen and oxygen atoms in total. The summed E-state index contributed by atoms with van der Waals surface area (Å²) >= 11 is 6.22. The van der Waals surface area contributed by atoms with E-state index >= 15 is 0 Å². The predicted octanol–water partition coefficient (Wildman–Crippen LogP) is 3.62. The molecule has 1 heterocycles. The molecule has 0 aliphatic carbocycles. The number of carbonyl (C=O) groups excluding carboxylic acids is 1. The molecule has 0 radical (unpaired) electrons. The van der Waals surface area contributed by atoms with Gasteiger partial charge in [0.25, 0.3) is 0 Å². The van der Waals surface area contributed by atoms with Gasteiger partial charge in [-0.05, 0) is 32.0 Å². The number of rotatable bonds is 2. The van der Waals surface area contributed by atoms with Crippen LogP contribution in [0.3, 0.4) is 0 Å². The van der Waals surface area contributed by atoms with Crippen molar-refractivity contribution in [1.29, 1.82) is 0 Å². The number of benzene rings is 1. The molecule has 1 aromatic heterocycles. The zero-order chi connectivity index (χ0) is 13.3. The molecule has 2 aromatic rings. The van der Waals surface area contributed by atoms with Gasteiger partial charge in [-0.3, -0.25) is 0 Å². The van der Waals surface area contributed by atoms with Crippen LogP contribution in [0.1, 0.15) is 12.6 Å². The Morgan fingerprint density at radius 3 is 2.78 bits per heavy atom. The van der Waals surface area contributed by atoms with E-state index in [1.807, 2.05) is 13.0 Å². The van der Waals surface area contributed by atoms with Crippen LogP contribution in [0, 0.1) is 6.92 Å². The summed E-state index contributed by atoms with van der Waals surface area (Å²) in [5.74, 6) is 0.588. The van der Waals surface area contributed by atoms with Crippen LogP contribution in [0.15, 0.2) is 18.2 Å². The number of hydrogen-bond donors (Lipinski definition) is 0. The van der Waals surface area contributed by atoms with Gasteiger partial charge in [0.1, 0.15) is 5.75 Å². The van der Waals surface area contributed by atoms with Gasteiger partial charge >= 0.3 is 6.09 Å². The van der Waals surface area contributed by atoms with Crippen molar-refractivity contribution in [3.05, 3.63) is 28.9 Å². The molecular formula is C13H14ClNO3. The lowest BCUT2D eigenvalue weighted by molar-refractivity contribution is 0.154. The Morgan fingerprint density at radius 2 is 2.17 bits per heavy atom. The van der Waals surface area contributed by atoms with Gasteiger partial charge in [-0.15, -0.1) is 0 Å². The minimum atomic E-state index is -0.397. The normalized spacial score (nSPS) is 10.7. The molecule has 0 atom stereocenters. The molecule has 0 bridgehead atoms. The minimum Gasteiger partial charge on any atom is -0.495 e. The standard InChI is InChI=1S/C13H14ClNO3/c1-4-18-13(16)15-8(2)7-9-10(15)5-6-11(17-3)12(9)14/h5-7H,4H2,1-3H3. The first-order valence-corrected chi connectivity index (χ1v) is 5.99. The van der Waals surface area contributed by atoms with Crippen LogP contribution >= 0.6 is 11.6 Å². The fourth-order valence-electron chi connectivity index (χ4n) is 1.95. The Hall–Kier alpha value is -1.68. The first kappa shape index (κ1) is 12.8. The number of methoxy groups -OCH3 is 1. The number of halogens is 1. The average Bonchev–Trinajstić information content (AvgIpc) is 2.67. The van der Waals surface area contributed by atoms with E-state index in [2.05, 4.69) is 0 Å². The first-order chi connectivity index (χ1) is 8.60. The number of nitrogens with zero attached hydrogens (tertiary/aromatic N) is 1. The van der Waals surface area contributed by atoms with Crippen LogP contribution in [-0.4, -0.2) is 24.4 Å². The second kappa shape index (κ2) is 4.90. The van der Waals surface area contributed by atoms with Gasteiger partial charge in [-0.25, -0.2) is 9.36 Å². The number of aryl methyl sites for hydroxylation is 1. The maximum absolute atomic E-state index is 11.9. The van der Waals surface area contributed by atoms with Crippen LogP contribution in [-0.2, 0) is 4.74 Å².